The van der Waals surface area contributed by atoms with Crippen molar-refractivity contribution in [3.05, 3.63) is 82.4 Å². The molecular weight excluding hydrogens is 402 g/mol. The lowest BCUT2D eigenvalue weighted by Gasteiger charge is -2.31. The van der Waals surface area contributed by atoms with E-state index >= 15 is 0 Å². The van der Waals surface area contributed by atoms with Crippen LogP contribution in [0.5, 0.6) is 23.0 Å². The van der Waals surface area contributed by atoms with Crippen molar-refractivity contribution in [2.75, 3.05) is 35.0 Å². The van der Waals surface area contributed by atoms with Gasteiger partial charge >= 0.3 is 0 Å². The normalized spacial score (nSPS) is 16.6. The maximum atomic E-state index is 5.65. The van der Waals surface area contributed by atoms with E-state index in [2.05, 4.69) is 59.2 Å². The van der Waals surface area contributed by atoms with Crippen LogP contribution in [0.2, 0.25) is 0 Å². The lowest BCUT2D eigenvalue weighted by molar-refractivity contribution is -0.577. The monoisotopic (exact) mass is 430 g/mol. The van der Waals surface area contributed by atoms with Gasteiger partial charge in [-0.2, -0.15) is 0 Å². The highest BCUT2D eigenvalue weighted by Crippen LogP contribution is 2.43. The average molecular weight is 431 g/mol. The van der Waals surface area contributed by atoms with Crippen molar-refractivity contribution in [2.24, 2.45) is 0 Å². The fraction of sp³-hybridized carbons (Fsp3) is 0.296. The Bertz CT molecular complexity index is 1200. The van der Waals surface area contributed by atoms with Gasteiger partial charge in [0.15, 0.2) is 29.0 Å². The van der Waals surface area contributed by atoms with Crippen LogP contribution < -0.4 is 18.9 Å². The summed E-state index contributed by atoms with van der Waals surface area (Å²) in [6.45, 7) is 0.936. The summed E-state index contributed by atoms with van der Waals surface area (Å²) in [5.74, 6) is 3.07. The highest BCUT2D eigenvalue weighted by Gasteiger charge is 2.40. The molecule has 0 bridgehead atoms. The third-order valence-electron chi connectivity index (χ3n) is 6.61. The molecule has 2 aliphatic rings. The smallest absolute Gasteiger partial charge is 0.215 e. The summed E-state index contributed by atoms with van der Waals surface area (Å²) in [6, 6.07) is 19.4. The van der Waals surface area contributed by atoms with Crippen LogP contribution in [0.3, 0.4) is 0 Å². The van der Waals surface area contributed by atoms with E-state index in [0.29, 0.717) is 0 Å². The van der Waals surface area contributed by atoms with E-state index in [1.54, 1.807) is 28.4 Å². The van der Waals surface area contributed by atoms with Crippen LogP contribution in [0.15, 0.2) is 54.6 Å². The molecule has 5 heteroatoms. The molecule has 0 radical (unpaired) electrons. The van der Waals surface area contributed by atoms with Crippen LogP contribution in [-0.4, -0.2) is 45.3 Å². The summed E-state index contributed by atoms with van der Waals surface area (Å²) in [5, 5.41) is 0. The molecule has 2 aliphatic heterocycles. The van der Waals surface area contributed by atoms with Gasteiger partial charge in [-0.25, -0.2) is 4.58 Å². The molecule has 3 aromatic rings. The van der Waals surface area contributed by atoms with Gasteiger partial charge in [0.1, 0.15) is 6.54 Å². The Morgan fingerprint density at radius 2 is 1.31 bits per heavy atom. The highest BCUT2D eigenvalue weighted by molar-refractivity contribution is 6.11. The molecule has 0 aliphatic carbocycles. The minimum absolute atomic E-state index is 0.208. The number of fused-ring (bicyclic) bond motifs is 4. The van der Waals surface area contributed by atoms with Gasteiger partial charge in [0, 0.05) is 24.0 Å². The van der Waals surface area contributed by atoms with E-state index in [1.165, 1.54) is 33.5 Å². The van der Waals surface area contributed by atoms with Crippen molar-refractivity contribution in [2.45, 2.75) is 18.9 Å². The predicted octanol–water partition coefficient (Wildman–Crippen LogP) is 4.42. The fourth-order valence-corrected chi connectivity index (χ4v) is 5.11. The quantitative estimate of drug-likeness (QED) is 0.562. The third kappa shape index (κ3) is 3.20. The lowest BCUT2D eigenvalue weighted by atomic mass is 9.82. The molecule has 5 nitrogen and oxygen atoms in total. The molecule has 0 aromatic heterocycles. The summed E-state index contributed by atoms with van der Waals surface area (Å²) in [7, 11) is 6.76. The number of benzene rings is 3. The molecule has 0 N–H and O–H groups in total. The second-order valence-corrected chi connectivity index (χ2v) is 8.15. The van der Waals surface area contributed by atoms with Gasteiger partial charge in [-0.1, -0.05) is 18.2 Å². The number of methoxy groups -OCH3 is 4. The van der Waals surface area contributed by atoms with E-state index in [4.69, 9.17) is 18.9 Å². The zero-order valence-corrected chi connectivity index (χ0v) is 19.0. The van der Waals surface area contributed by atoms with Crippen molar-refractivity contribution in [3.8, 4) is 23.0 Å². The predicted molar refractivity (Wildman–Crippen MR) is 124 cm³/mol. The molecule has 3 aromatic carbocycles. The summed E-state index contributed by atoms with van der Waals surface area (Å²) in [5.41, 5.74) is 7.51. The van der Waals surface area contributed by atoms with E-state index in [9.17, 15) is 0 Å². The van der Waals surface area contributed by atoms with Crippen LogP contribution in [0.25, 0.3) is 0 Å². The maximum Gasteiger partial charge on any atom is 0.215 e. The molecule has 164 valence electrons. The van der Waals surface area contributed by atoms with Gasteiger partial charge in [0.25, 0.3) is 0 Å². The summed E-state index contributed by atoms with van der Waals surface area (Å²) in [6.07, 6.45) is 1.83. The van der Waals surface area contributed by atoms with Crippen molar-refractivity contribution >= 4 is 5.71 Å². The molecule has 0 saturated carbocycles. The number of rotatable bonds is 5. The fourth-order valence-electron chi connectivity index (χ4n) is 5.11. The Balaban J connectivity index is 1.76. The zero-order valence-electron chi connectivity index (χ0n) is 19.0. The number of hydrogen-bond acceptors (Lipinski definition) is 4. The first-order valence-corrected chi connectivity index (χ1v) is 10.9. The number of nitrogens with zero attached hydrogens (tertiary/aromatic N) is 1. The number of ether oxygens (including phenoxy) is 4. The van der Waals surface area contributed by atoms with E-state index < -0.39 is 0 Å². The summed E-state index contributed by atoms with van der Waals surface area (Å²) in [4.78, 5) is 0. The SMILES string of the molecule is COc1cc2c(cc1OC)C(c1ccccc1)=[N+]1CCc3cc(OC)c(OC)cc3C1C2. The standard InChI is InChI=1S/C27H28NO4/c1-29-23-13-18-10-11-28-22(20(18)15-25(23)31-3)12-19-14-24(30-2)26(32-4)16-21(19)27(28)17-8-6-5-7-9-17/h5-9,13-16,22H,10-12H2,1-4H3/q+1. The molecule has 0 fully saturated rings. The zero-order chi connectivity index (χ0) is 22.2. The van der Waals surface area contributed by atoms with Crippen LogP contribution in [0.1, 0.15) is 33.9 Å². The Morgan fingerprint density at radius 1 is 0.719 bits per heavy atom. The lowest BCUT2D eigenvalue weighted by Crippen LogP contribution is -2.38. The van der Waals surface area contributed by atoms with E-state index in [1.807, 2.05) is 0 Å². The molecule has 0 spiro atoms. The molecule has 0 amide bonds. The van der Waals surface area contributed by atoms with Crippen LogP contribution >= 0.6 is 0 Å². The average Bonchev–Trinajstić information content (AvgIpc) is 2.85. The molecular formula is C27H28NO4+. The van der Waals surface area contributed by atoms with Crippen molar-refractivity contribution in [1.82, 2.24) is 0 Å². The van der Waals surface area contributed by atoms with Crippen molar-refractivity contribution in [1.29, 1.82) is 0 Å². The first-order chi connectivity index (χ1) is 15.7. The Labute approximate surface area is 188 Å². The van der Waals surface area contributed by atoms with Crippen LogP contribution in [0, 0.1) is 0 Å². The minimum Gasteiger partial charge on any atom is -0.493 e. The van der Waals surface area contributed by atoms with Crippen LogP contribution in [-0.2, 0) is 12.8 Å². The number of hydrogen-bond donors (Lipinski definition) is 0. The summed E-state index contributed by atoms with van der Waals surface area (Å²) < 4.78 is 25.0. The first-order valence-electron chi connectivity index (χ1n) is 10.9. The maximum absolute atomic E-state index is 5.65. The summed E-state index contributed by atoms with van der Waals surface area (Å²) >= 11 is 0. The largest absolute Gasteiger partial charge is 0.493 e. The van der Waals surface area contributed by atoms with Crippen molar-refractivity contribution in [3.63, 3.8) is 0 Å². The minimum atomic E-state index is 0.208. The molecule has 0 saturated heterocycles. The van der Waals surface area contributed by atoms with Gasteiger partial charge in [0.2, 0.25) is 5.71 Å². The Morgan fingerprint density at radius 3 is 1.97 bits per heavy atom. The van der Waals surface area contributed by atoms with E-state index in [-0.39, 0.29) is 6.04 Å². The highest BCUT2D eigenvalue weighted by atomic mass is 16.5. The first kappa shape index (κ1) is 20.4. The van der Waals surface area contributed by atoms with Gasteiger partial charge < -0.3 is 18.9 Å². The third-order valence-corrected chi connectivity index (χ3v) is 6.61. The van der Waals surface area contributed by atoms with Gasteiger partial charge in [0.05, 0.1) is 34.0 Å². The Hall–Kier alpha value is -3.47. The van der Waals surface area contributed by atoms with Gasteiger partial charge in [-0.15, -0.1) is 0 Å². The molecule has 2 heterocycles. The van der Waals surface area contributed by atoms with Crippen molar-refractivity contribution < 1.29 is 23.5 Å². The second-order valence-electron chi connectivity index (χ2n) is 8.15. The van der Waals surface area contributed by atoms with Gasteiger partial charge in [-0.05, 0) is 47.5 Å². The van der Waals surface area contributed by atoms with E-state index in [0.717, 1.165) is 42.4 Å². The topological polar surface area (TPSA) is 39.9 Å². The van der Waals surface area contributed by atoms with Crippen LogP contribution in [0.4, 0.5) is 0 Å². The second kappa shape index (κ2) is 8.23. The molecule has 1 atom stereocenters. The molecule has 1 unspecified atom stereocenters. The van der Waals surface area contributed by atoms with Gasteiger partial charge in [-0.3, -0.25) is 0 Å². The molecule has 5 rings (SSSR count). The Kier molecular flexibility index (Phi) is 5.25. The molecule has 32 heavy (non-hydrogen) atoms.